The number of thioether (sulfide) groups is 1. The number of hydrogen-bond acceptors (Lipinski definition) is 3. The zero-order valence-electron chi connectivity index (χ0n) is 7.04. The lowest BCUT2D eigenvalue weighted by atomic mass is 10.7. The Morgan fingerprint density at radius 2 is 2.18 bits per heavy atom. The topological polar surface area (TPSA) is 18.5 Å². The largest absolute Gasteiger partial charge is 0.499 e. The van der Waals surface area contributed by atoms with Crippen LogP contribution in [0.5, 0.6) is 0 Å². The minimum Gasteiger partial charge on any atom is -0.499 e. The molecule has 0 aliphatic carbocycles. The molecule has 0 fully saturated rings. The minimum absolute atomic E-state index is 0.611. The molecule has 66 valence electrons. The lowest BCUT2D eigenvalue weighted by Crippen LogP contribution is -2.04. The Bertz CT molecular complexity index is 86.2. The molecule has 0 saturated heterocycles. The average molecular weight is 176 g/mol. The first-order valence-corrected chi connectivity index (χ1v) is 4.95. The van der Waals surface area contributed by atoms with Crippen molar-refractivity contribution in [3.63, 3.8) is 0 Å². The Labute approximate surface area is 73.0 Å². The highest BCUT2D eigenvalue weighted by Crippen LogP contribution is 1.96. The van der Waals surface area contributed by atoms with Gasteiger partial charge in [-0.2, -0.15) is 11.8 Å². The molecule has 0 rings (SSSR count). The maximum absolute atomic E-state index is 5.24. The van der Waals surface area contributed by atoms with Crippen molar-refractivity contribution in [3.8, 4) is 0 Å². The molecule has 0 saturated carbocycles. The molecule has 0 amide bonds. The Morgan fingerprint density at radius 3 is 2.82 bits per heavy atom. The molecule has 0 aromatic rings. The van der Waals surface area contributed by atoms with E-state index in [-0.39, 0.29) is 0 Å². The van der Waals surface area contributed by atoms with Gasteiger partial charge in [-0.05, 0) is 5.75 Å². The Kier molecular flexibility index (Phi) is 9.72. The number of rotatable bonds is 8. The molecule has 0 unspecified atom stereocenters. The van der Waals surface area contributed by atoms with Gasteiger partial charge in [0, 0.05) is 5.75 Å². The van der Waals surface area contributed by atoms with Crippen molar-refractivity contribution in [2.24, 2.45) is 0 Å². The summed E-state index contributed by atoms with van der Waals surface area (Å²) in [5.41, 5.74) is 0. The third-order valence-electron chi connectivity index (χ3n) is 1.04. The molecular formula is C8H16O2S. The van der Waals surface area contributed by atoms with Crippen LogP contribution in [0, 0.1) is 0 Å². The van der Waals surface area contributed by atoms with E-state index in [1.54, 1.807) is 0 Å². The summed E-state index contributed by atoms with van der Waals surface area (Å²) in [5.74, 6) is 2.23. The zero-order valence-corrected chi connectivity index (χ0v) is 7.86. The lowest BCUT2D eigenvalue weighted by Gasteiger charge is -2.02. The normalized spacial score (nSPS) is 9.55. The van der Waals surface area contributed by atoms with E-state index < -0.39 is 0 Å². The Morgan fingerprint density at radius 1 is 1.36 bits per heavy atom. The molecule has 0 atom stereocenters. The third-order valence-corrected chi connectivity index (χ3v) is 1.90. The van der Waals surface area contributed by atoms with Gasteiger partial charge in [-0.3, -0.25) is 0 Å². The molecule has 3 heteroatoms. The standard InChI is InChI=1S/C8H16O2S/c1-3-9-5-6-10-7-8-11-4-2/h3H,1,4-8H2,2H3. The molecule has 0 aromatic heterocycles. The van der Waals surface area contributed by atoms with Crippen molar-refractivity contribution in [1.82, 2.24) is 0 Å². The maximum atomic E-state index is 5.24. The molecule has 2 nitrogen and oxygen atoms in total. The highest BCUT2D eigenvalue weighted by molar-refractivity contribution is 7.99. The zero-order chi connectivity index (χ0) is 8.36. The second kappa shape index (κ2) is 9.85. The van der Waals surface area contributed by atoms with Gasteiger partial charge in [-0.15, -0.1) is 0 Å². The summed E-state index contributed by atoms with van der Waals surface area (Å²) < 4.78 is 10.1. The van der Waals surface area contributed by atoms with Crippen LogP contribution in [0.3, 0.4) is 0 Å². The molecular weight excluding hydrogens is 160 g/mol. The summed E-state index contributed by atoms with van der Waals surface area (Å²) in [5, 5.41) is 0. The van der Waals surface area contributed by atoms with Gasteiger partial charge >= 0.3 is 0 Å². The summed E-state index contributed by atoms with van der Waals surface area (Å²) >= 11 is 1.89. The van der Waals surface area contributed by atoms with E-state index in [0.29, 0.717) is 13.2 Å². The van der Waals surface area contributed by atoms with Crippen molar-refractivity contribution in [3.05, 3.63) is 12.8 Å². The maximum Gasteiger partial charge on any atom is 0.111 e. The molecule has 0 spiro atoms. The van der Waals surface area contributed by atoms with Crippen LogP contribution in [0.15, 0.2) is 12.8 Å². The van der Waals surface area contributed by atoms with E-state index in [9.17, 15) is 0 Å². The van der Waals surface area contributed by atoms with Crippen LogP contribution >= 0.6 is 11.8 Å². The highest BCUT2D eigenvalue weighted by Gasteiger charge is 1.87. The van der Waals surface area contributed by atoms with Crippen LogP contribution in [0.2, 0.25) is 0 Å². The van der Waals surface area contributed by atoms with E-state index in [2.05, 4.69) is 13.5 Å². The van der Waals surface area contributed by atoms with Gasteiger partial charge < -0.3 is 9.47 Å². The number of hydrogen-bond donors (Lipinski definition) is 0. The van der Waals surface area contributed by atoms with Gasteiger partial charge in [0.2, 0.25) is 0 Å². The molecule has 0 bridgehead atoms. The first-order valence-electron chi connectivity index (χ1n) is 3.79. The predicted octanol–water partition coefficient (Wildman–Crippen LogP) is 1.92. The van der Waals surface area contributed by atoms with Gasteiger partial charge in [0.15, 0.2) is 0 Å². The molecule has 0 aliphatic heterocycles. The minimum atomic E-state index is 0.611. The van der Waals surface area contributed by atoms with Crippen molar-refractivity contribution in [2.45, 2.75) is 6.92 Å². The SMILES string of the molecule is C=COCCOCCSCC. The van der Waals surface area contributed by atoms with Crippen molar-refractivity contribution >= 4 is 11.8 Å². The van der Waals surface area contributed by atoms with Gasteiger partial charge in [0.05, 0.1) is 19.5 Å². The molecule has 11 heavy (non-hydrogen) atoms. The van der Waals surface area contributed by atoms with Gasteiger partial charge in [0.1, 0.15) is 6.61 Å². The van der Waals surface area contributed by atoms with Crippen LogP contribution in [0.4, 0.5) is 0 Å². The van der Waals surface area contributed by atoms with E-state index in [0.717, 1.165) is 18.1 Å². The quantitative estimate of drug-likeness (QED) is 0.416. The average Bonchev–Trinajstić information content (AvgIpc) is 2.03. The molecule has 0 radical (unpaired) electrons. The monoisotopic (exact) mass is 176 g/mol. The van der Waals surface area contributed by atoms with Crippen LogP contribution in [-0.4, -0.2) is 31.3 Å². The molecule has 0 N–H and O–H groups in total. The lowest BCUT2D eigenvalue weighted by molar-refractivity contribution is 0.0951. The van der Waals surface area contributed by atoms with Crippen LogP contribution < -0.4 is 0 Å². The van der Waals surface area contributed by atoms with Gasteiger partial charge in [-0.1, -0.05) is 13.5 Å². The second-order valence-corrected chi connectivity index (χ2v) is 3.24. The summed E-state index contributed by atoms with van der Waals surface area (Å²) in [6, 6.07) is 0. The van der Waals surface area contributed by atoms with Gasteiger partial charge in [-0.25, -0.2) is 0 Å². The second-order valence-electron chi connectivity index (χ2n) is 1.85. The van der Waals surface area contributed by atoms with E-state index in [1.807, 2.05) is 11.8 Å². The first kappa shape index (κ1) is 10.8. The van der Waals surface area contributed by atoms with Crippen LogP contribution in [0.25, 0.3) is 0 Å². The van der Waals surface area contributed by atoms with Crippen molar-refractivity contribution in [2.75, 3.05) is 31.3 Å². The fourth-order valence-electron chi connectivity index (χ4n) is 0.555. The molecule has 0 aliphatic rings. The smallest absolute Gasteiger partial charge is 0.111 e. The third kappa shape index (κ3) is 9.85. The predicted molar refractivity (Wildman–Crippen MR) is 50.0 cm³/mol. The fraction of sp³-hybridized carbons (Fsp3) is 0.750. The van der Waals surface area contributed by atoms with E-state index in [1.165, 1.54) is 6.26 Å². The van der Waals surface area contributed by atoms with E-state index in [4.69, 9.17) is 9.47 Å². The Hall–Kier alpha value is -0.150. The fourth-order valence-corrected chi connectivity index (χ4v) is 1.08. The Balaban J connectivity index is 2.74. The summed E-state index contributed by atoms with van der Waals surface area (Å²) in [7, 11) is 0. The van der Waals surface area contributed by atoms with Crippen LogP contribution in [-0.2, 0) is 9.47 Å². The molecule has 0 heterocycles. The van der Waals surface area contributed by atoms with Crippen molar-refractivity contribution < 1.29 is 9.47 Å². The van der Waals surface area contributed by atoms with Crippen molar-refractivity contribution in [1.29, 1.82) is 0 Å². The summed E-state index contributed by atoms with van der Waals surface area (Å²) in [6.07, 6.45) is 1.43. The first-order chi connectivity index (χ1) is 5.41. The summed E-state index contributed by atoms with van der Waals surface area (Å²) in [4.78, 5) is 0. The number of ether oxygens (including phenoxy) is 2. The van der Waals surface area contributed by atoms with E-state index >= 15 is 0 Å². The summed E-state index contributed by atoms with van der Waals surface area (Å²) in [6.45, 7) is 7.66. The van der Waals surface area contributed by atoms with Crippen LogP contribution in [0.1, 0.15) is 6.92 Å². The highest BCUT2D eigenvalue weighted by atomic mass is 32.2. The molecule has 0 aromatic carbocycles. The van der Waals surface area contributed by atoms with Gasteiger partial charge in [0.25, 0.3) is 0 Å².